The number of nitrogens with one attached hydrogen (secondary N) is 1. The second kappa shape index (κ2) is 5.10. The molecule has 100 valence electrons. The molecule has 20 heavy (non-hydrogen) atoms. The summed E-state index contributed by atoms with van der Waals surface area (Å²) in [4.78, 5) is 12.1. The van der Waals surface area contributed by atoms with E-state index >= 15 is 0 Å². The summed E-state index contributed by atoms with van der Waals surface area (Å²) in [5, 5.41) is 3.37. The molecule has 3 nitrogen and oxygen atoms in total. The average molecular weight is 397 g/mol. The van der Waals surface area contributed by atoms with Crippen molar-refractivity contribution in [3.8, 4) is 0 Å². The van der Waals surface area contributed by atoms with E-state index < -0.39 is 0 Å². The van der Waals surface area contributed by atoms with Gasteiger partial charge in [0.1, 0.15) is 0 Å². The number of nitrogens with two attached hydrogens (primary N) is 1. The molecule has 0 aliphatic carbocycles. The molecule has 3 N–H and O–H groups in total. The first-order chi connectivity index (χ1) is 9.56. The third-order valence-electron chi connectivity index (χ3n) is 3.13. The van der Waals surface area contributed by atoms with Gasteiger partial charge in [-0.1, -0.05) is 29.8 Å². The number of carbonyl (C=O) groups excluding carboxylic acids is 1. The Morgan fingerprint density at radius 2 is 2.00 bits per heavy atom. The molecule has 1 amide bonds. The molecule has 0 spiro atoms. The van der Waals surface area contributed by atoms with Gasteiger partial charge in [0.15, 0.2) is 0 Å². The van der Waals surface area contributed by atoms with Crippen molar-refractivity contribution in [3.05, 3.63) is 62.2 Å². The van der Waals surface area contributed by atoms with Crippen molar-refractivity contribution in [3.63, 3.8) is 0 Å². The Balaban J connectivity index is 2.19. The first-order valence-corrected chi connectivity index (χ1v) is 7.39. The van der Waals surface area contributed by atoms with Crippen molar-refractivity contribution in [1.29, 1.82) is 0 Å². The molecule has 1 aliphatic rings. The van der Waals surface area contributed by atoms with Crippen molar-refractivity contribution in [1.82, 2.24) is 0 Å². The predicted molar refractivity (Wildman–Crippen MR) is 90.2 cm³/mol. The number of anilines is 1. The van der Waals surface area contributed by atoms with Crippen molar-refractivity contribution in [2.24, 2.45) is 5.73 Å². The van der Waals surface area contributed by atoms with Gasteiger partial charge in [-0.05, 0) is 52.4 Å². The minimum Gasteiger partial charge on any atom is -0.398 e. The fourth-order valence-electron chi connectivity index (χ4n) is 2.21. The maximum atomic E-state index is 12.1. The minimum absolute atomic E-state index is 0.196. The number of carbonyl (C=O) groups is 1. The topological polar surface area (TPSA) is 55.1 Å². The molecule has 3 rings (SSSR count). The highest BCUT2D eigenvalue weighted by Gasteiger charge is 2.27. The van der Waals surface area contributed by atoms with Crippen LogP contribution in [0.1, 0.15) is 11.1 Å². The lowest BCUT2D eigenvalue weighted by molar-refractivity contribution is -0.110. The Morgan fingerprint density at radius 1 is 1.20 bits per heavy atom. The van der Waals surface area contributed by atoms with Crippen LogP contribution in [0.2, 0.25) is 5.02 Å². The first kappa shape index (κ1) is 13.5. The van der Waals surface area contributed by atoms with Crippen LogP contribution in [0.3, 0.4) is 0 Å². The first-order valence-electron chi connectivity index (χ1n) is 5.93. The number of hydrogen-bond acceptors (Lipinski definition) is 2. The molecule has 0 aromatic heterocycles. The monoisotopic (exact) mass is 396 g/mol. The lowest BCUT2D eigenvalue weighted by atomic mass is 10.0. The van der Waals surface area contributed by atoms with Gasteiger partial charge in [0.25, 0.3) is 5.91 Å². The number of rotatable bonds is 1. The smallest absolute Gasteiger partial charge is 0.258 e. The van der Waals surface area contributed by atoms with Crippen molar-refractivity contribution < 1.29 is 4.79 Å². The molecule has 0 saturated heterocycles. The Bertz CT molecular complexity index is 755. The van der Waals surface area contributed by atoms with Crippen LogP contribution in [-0.2, 0) is 4.79 Å². The second-order valence-corrected chi connectivity index (χ2v) is 6.13. The highest BCUT2D eigenvalue weighted by Crippen LogP contribution is 2.36. The zero-order valence-corrected chi connectivity index (χ0v) is 13.2. The van der Waals surface area contributed by atoms with E-state index in [2.05, 4.69) is 27.9 Å². The van der Waals surface area contributed by atoms with Crippen LogP contribution >= 0.6 is 34.2 Å². The van der Waals surface area contributed by atoms with Gasteiger partial charge in [0.05, 0.1) is 17.0 Å². The van der Waals surface area contributed by atoms with Gasteiger partial charge in [-0.2, -0.15) is 0 Å². The second-order valence-electron chi connectivity index (χ2n) is 4.44. The Morgan fingerprint density at radius 3 is 2.75 bits per heavy atom. The summed E-state index contributed by atoms with van der Waals surface area (Å²) >= 11 is 8.15. The lowest BCUT2D eigenvalue weighted by Crippen LogP contribution is -2.09. The molecule has 5 heteroatoms. The van der Waals surface area contributed by atoms with Crippen LogP contribution in [0.15, 0.2) is 42.5 Å². The number of halogens is 2. The van der Waals surface area contributed by atoms with E-state index in [-0.39, 0.29) is 5.91 Å². The molecule has 1 heterocycles. The highest BCUT2D eigenvalue weighted by atomic mass is 127. The molecule has 0 fully saturated rings. The van der Waals surface area contributed by atoms with E-state index in [0.29, 0.717) is 22.0 Å². The molecule has 2 aromatic carbocycles. The van der Waals surface area contributed by atoms with Gasteiger partial charge >= 0.3 is 0 Å². The third kappa shape index (κ3) is 2.29. The van der Waals surface area contributed by atoms with E-state index in [9.17, 15) is 4.79 Å². The molecule has 0 bridgehead atoms. The van der Waals surface area contributed by atoms with Crippen LogP contribution in [0.5, 0.6) is 0 Å². The van der Waals surface area contributed by atoms with Gasteiger partial charge in [-0.25, -0.2) is 0 Å². The average Bonchev–Trinajstić information content (AvgIpc) is 2.73. The molecule has 2 aromatic rings. The van der Waals surface area contributed by atoms with Gasteiger partial charge in [0, 0.05) is 14.2 Å². The number of fused-ring (bicyclic) bond motifs is 1. The van der Waals surface area contributed by atoms with Gasteiger partial charge in [-0.15, -0.1) is 0 Å². The fraction of sp³-hybridized carbons (Fsp3) is 0. The lowest BCUT2D eigenvalue weighted by Gasteiger charge is -2.06. The number of benzene rings is 2. The Labute approximate surface area is 135 Å². The number of hydrogen-bond donors (Lipinski definition) is 2. The van der Waals surface area contributed by atoms with Crippen molar-refractivity contribution in [2.75, 3.05) is 5.32 Å². The van der Waals surface area contributed by atoms with Crippen molar-refractivity contribution in [2.45, 2.75) is 0 Å². The van der Waals surface area contributed by atoms with Crippen LogP contribution in [0.4, 0.5) is 5.69 Å². The van der Waals surface area contributed by atoms with Gasteiger partial charge in [-0.3, -0.25) is 4.79 Å². The number of amides is 1. The quantitative estimate of drug-likeness (QED) is 0.570. The SMILES string of the molecule is N/C(=C1/C(=O)Nc2cc(Cl)ccc21)c1cccc(I)c1. The fourth-order valence-corrected chi connectivity index (χ4v) is 2.93. The normalized spacial score (nSPS) is 15.8. The molecular weight excluding hydrogens is 387 g/mol. The summed E-state index contributed by atoms with van der Waals surface area (Å²) in [7, 11) is 0. The molecule has 0 atom stereocenters. The molecule has 0 saturated carbocycles. The maximum Gasteiger partial charge on any atom is 0.258 e. The van der Waals surface area contributed by atoms with Crippen LogP contribution in [0, 0.1) is 3.57 Å². The molecule has 1 aliphatic heterocycles. The summed E-state index contributed by atoms with van der Waals surface area (Å²) in [6.07, 6.45) is 0. The standard InChI is InChI=1S/C15H10ClIN2O/c16-9-4-5-11-12(7-9)19-15(20)13(11)14(18)8-2-1-3-10(17)6-8/h1-7H,18H2,(H,19,20)/b14-13+. The summed E-state index contributed by atoms with van der Waals surface area (Å²) in [6, 6.07) is 13.0. The van der Waals surface area contributed by atoms with E-state index in [4.69, 9.17) is 17.3 Å². The van der Waals surface area contributed by atoms with Gasteiger partial charge < -0.3 is 11.1 Å². The van der Waals surface area contributed by atoms with Crippen LogP contribution in [0.25, 0.3) is 11.3 Å². The van der Waals surface area contributed by atoms with Gasteiger partial charge in [0.2, 0.25) is 0 Å². The Kier molecular flexibility index (Phi) is 3.43. The van der Waals surface area contributed by atoms with E-state index in [1.165, 1.54) is 0 Å². The van der Waals surface area contributed by atoms with Crippen LogP contribution in [-0.4, -0.2) is 5.91 Å². The Hall–Kier alpha value is -1.53. The van der Waals surface area contributed by atoms with E-state index in [0.717, 1.165) is 14.7 Å². The summed E-state index contributed by atoms with van der Waals surface area (Å²) in [6.45, 7) is 0. The zero-order valence-electron chi connectivity index (χ0n) is 10.3. The van der Waals surface area contributed by atoms with E-state index in [1.807, 2.05) is 30.3 Å². The van der Waals surface area contributed by atoms with Crippen LogP contribution < -0.4 is 11.1 Å². The zero-order chi connectivity index (χ0) is 14.3. The molecular formula is C15H10ClIN2O. The largest absolute Gasteiger partial charge is 0.398 e. The summed E-state index contributed by atoms with van der Waals surface area (Å²) in [5.74, 6) is -0.196. The summed E-state index contributed by atoms with van der Waals surface area (Å²) in [5.41, 5.74) is 9.49. The highest BCUT2D eigenvalue weighted by molar-refractivity contribution is 14.1. The summed E-state index contributed by atoms with van der Waals surface area (Å²) < 4.78 is 1.07. The van der Waals surface area contributed by atoms with Crippen molar-refractivity contribution >= 4 is 57.1 Å². The maximum absolute atomic E-state index is 12.1. The molecule has 0 radical (unpaired) electrons. The van der Waals surface area contributed by atoms with E-state index in [1.54, 1.807) is 12.1 Å². The molecule has 0 unspecified atom stereocenters. The minimum atomic E-state index is -0.196. The predicted octanol–water partition coefficient (Wildman–Crippen LogP) is 3.72. The third-order valence-corrected chi connectivity index (χ3v) is 4.04.